The maximum absolute atomic E-state index is 12.3. The molecule has 0 saturated carbocycles. The Hall–Kier alpha value is -2.50. The highest BCUT2D eigenvalue weighted by Crippen LogP contribution is 2.24. The number of esters is 1. The first kappa shape index (κ1) is 17.3. The Bertz CT molecular complexity index is 813. The molecule has 0 atom stereocenters. The fourth-order valence-corrected chi connectivity index (χ4v) is 3.30. The van der Waals surface area contributed by atoms with E-state index < -0.39 is 5.97 Å². The second kappa shape index (κ2) is 7.59. The molecule has 1 N–H and O–H groups in total. The van der Waals surface area contributed by atoms with Gasteiger partial charge < -0.3 is 19.0 Å². The van der Waals surface area contributed by atoms with Crippen LogP contribution in [-0.4, -0.2) is 30.1 Å². The Morgan fingerprint density at radius 3 is 2.88 bits per heavy atom. The Morgan fingerprint density at radius 2 is 2.16 bits per heavy atom. The average Bonchev–Trinajstić information content (AvgIpc) is 3.12. The van der Waals surface area contributed by atoms with E-state index in [2.05, 4.69) is 11.4 Å². The van der Waals surface area contributed by atoms with Crippen LogP contribution in [0.1, 0.15) is 48.4 Å². The molecule has 2 aromatic rings. The fourth-order valence-electron chi connectivity index (χ4n) is 3.30. The third-order valence-corrected chi connectivity index (χ3v) is 4.56. The van der Waals surface area contributed by atoms with Crippen LogP contribution in [0.4, 0.5) is 0 Å². The standard InChI is InChI=1S/C19H24N2O4/c1-13-10-15-17(25-13)11-16(19(23)24-2)21(15)12-18(22)20-9-8-14-6-4-3-5-7-14/h6,10-11H,3-5,7-9,12H2,1-2H3,(H,20,22). The van der Waals surface area contributed by atoms with E-state index >= 15 is 0 Å². The summed E-state index contributed by atoms with van der Waals surface area (Å²) in [5.74, 6) is 0.127. The number of allylic oxidation sites excluding steroid dienone is 1. The van der Waals surface area contributed by atoms with Gasteiger partial charge in [-0.15, -0.1) is 0 Å². The first-order valence-corrected chi connectivity index (χ1v) is 8.71. The number of rotatable bonds is 6. The van der Waals surface area contributed by atoms with Gasteiger partial charge in [-0.05, 0) is 39.0 Å². The number of aryl methyl sites for hydroxylation is 1. The third-order valence-electron chi connectivity index (χ3n) is 4.56. The number of amides is 1. The molecule has 0 fully saturated rings. The summed E-state index contributed by atoms with van der Waals surface area (Å²) in [6, 6.07) is 3.44. The summed E-state index contributed by atoms with van der Waals surface area (Å²) in [6.07, 6.45) is 7.96. The number of carbonyl (C=O) groups is 2. The predicted octanol–water partition coefficient (Wildman–Crippen LogP) is 3.34. The second-order valence-corrected chi connectivity index (χ2v) is 6.42. The zero-order valence-corrected chi connectivity index (χ0v) is 14.8. The summed E-state index contributed by atoms with van der Waals surface area (Å²) in [6.45, 7) is 2.51. The molecule has 3 rings (SSSR count). The minimum absolute atomic E-state index is 0.0615. The second-order valence-electron chi connectivity index (χ2n) is 6.42. The van der Waals surface area contributed by atoms with E-state index in [9.17, 15) is 9.59 Å². The lowest BCUT2D eigenvalue weighted by atomic mass is 9.97. The molecule has 0 aromatic carbocycles. The van der Waals surface area contributed by atoms with Crippen LogP contribution in [0.2, 0.25) is 0 Å². The Kier molecular flexibility index (Phi) is 5.26. The number of hydrogen-bond donors (Lipinski definition) is 1. The number of aromatic nitrogens is 1. The predicted molar refractivity (Wildman–Crippen MR) is 94.5 cm³/mol. The van der Waals surface area contributed by atoms with Gasteiger partial charge in [0.15, 0.2) is 5.58 Å². The number of fused-ring (bicyclic) bond motifs is 1. The minimum atomic E-state index is -0.482. The molecule has 2 aromatic heterocycles. The molecule has 1 aliphatic rings. The first-order chi connectivity index (χ1) is 12.1. The Morgan fingerprint density at radius 1 is 1.32 bits per heavy atom. The molecule has 6 nitrogen and oxygen atoms in total. The van der Waals surface area contributed by atoms with Crippen molar-refractivity contribution in [2.45, 2.75) is 45.6 Å². The van der Waals surface area contributed by atoms with Gasteiger partial charge in [0.2, 0.25) is 5.91 Å². The van der Waals surface area contributed by atoms with Crippen molar-refractivity contribution >= 4 is 23.0 Å². The number of hydrogen-bond acceptors (Lipinski definition) is 4. The lowest BCUT2D eigenvalue weighted by Crippen LogP contribution is -2.29. The van der Waals surface area contributed by atoms with Gasteiger partial charge in [-0.2, -0.15) is 0 Å². The summed E-state index contributed by atoms with van der Waals surface area (Å²) < 4.78 is 12.0. The summed E-state index contributed by atoms with van der Waals surface area (Å²) in [7, 11) is 1.32. The molecule has 1 amide bonds. The van der Waals surface area contributed by atoms with Crippen molar-refractivity contribution in [3.05, 3.63) is 35.2 Å². The number of nitrogens with one attached hydrogen (secondary N) is 1. The average molecular weight is 344 g/mol. The SMILES string of the molecule is COC(=O)c1cc2oc(C)cc2n1CC(=O)NCCC1=CCCCC1. The van der Waals surface area contributed by atoms with E-state index in [0.29, 0.717) is 17.8 Å². The van der Waals surface area contributed by atoms with E-state index in [1.165, 1.54) is 25.5 Å². The largest absolute Gasteiger partial charge is 0.464 e. The molecule has 0 bridgehead atoms. The van der Waals surface area contributed by atoms with Crippen molar-refractivity contribution in [2.24, 2.45) is 0 Å². The maximum atomic E-state index is 12.3. The molecule has 0 saturated heterocycles. The molecular weight excluding hydrogens is 320 g/mol. The van der Waals surface area contributed by atoms with Crippen LogP contribution in [-0.2, 0) is 16.1 Å². The van der Waals surface area contributed by atoms with Crippen LogP contribution in [0.5, 0.6) is 0 Å². The Labute approximate surface area is 146 Å². The first-order valence-electron chi connectivity index (χ1n) is 8.71. The third kappa shape index (κ3) is 3.95. The van der Waals surface area contributed by atoms with Crippen molar-refractivity contribution in [1.29, 1.82) is 0 Å². The normalized spacial score (nSPS) is 14.4. The van der Waals surface area contributed by atoms with Crippen LogP contribution in [0, 0.1) is 6.92 Å². The number of furan rings is 1. The summed E-state index contributed by atoms with van der Waals surface area (Å²) in [5.41, 5.74) is 3.05. The lowest BCUT2D eigenvalue weighted by Gasteiger charge is -2.13. The van der Waals surface area contributed by atoms with Crippen molar-refractivity contribution < 1.29 is 18.7 Å². The van der Waals surface area contributed by atoms with Crippen molar-refractivity contribution in [3.63, 3.8) is 0 Å². The zero-order valence-electron chi connectivity index (χ0n) is 14.8. The molecule has 25 heavy (non-hydrogen) atoms. The van der Waals surface area contributed by atoms with Crippen molar-refractivity contribution in [2.75, 3.05) is 13.7 Å². The van der Waals surface area contributed by atoms with Crippen molar-refractivity contribution in [3.8, 4) is 0 Å². The highest BCUT2D eigenvalue weighted by Gasteiger charge is 2.20. The van der Waals surface area contributed by atoms with Gasteiger partial charge in [0, 0.05) is 18.7 Å². The molecule has 0 radical (unpaired) electrons. The van der Waals surface area contributed by atoms with E-state index in [-0.39, 0.29) is 12.5 Å². The molecule has 1 aliphatic carbocycles. The summed E-state index contributed by atoms with van der Waals surface area (Å²) >= 11 is 0. The number of nitrogens with zero attached hydrogens (tertiary/aromatic N) is 1. The lowest BCUT2D eigenvalue weighted by molar-refractivity contribution is -0.121. The van der Waals surface area contributed by atoms with Gasteiger partial charge >= 0.3 is 5.97 Å². The monoisotopic (exact) mass is 344 g/mol. The summed E-state index contributed by atoms with van der Waals surface area (Å²) in [5, 5.41) is 2.94. The number of ether oxygens (including phenoxy) is 1. The zero-order chi connectivity index (χ0) is 17.8. The molecule has 0 aliphatic heterocycles. The molecule has 6 heteroatoms. The highest BCUT2D eigenvalue weighted by molar-refractivity contribution is 5.95. The van der Waals surface area contributed by atoms with Crippen LogP contribution in [0.25, 0.3) is 11.1 Å². The van der Waals surface area contributed by atoms with Crippen molar-refractivity contribution in [1.82, 2.24) is 9.88 Å². The van der Waals surface area contributed by atoms with Gasteiger partial charge in [0.05, 0.1) is 12.6 Å². The molecular formula is C19H24N2O4. The number of carbonyl (C=O) groups excluding carboxylic acids is 2. The van der Waals surface area contributed by atoms with E-state index in [1.54, 1.807) is 10.6 Å². The topological polar surface area (TPSA) is 73.5 Å². The van der Waals surface area contributed by atoms with Gasteiger partial charge in [-0.1, -0.05) is 11.6 Å². The Balaban J connectivity index is 1.67. The van der Waals surface area contributed by atoms with Gasteiger partial charge in [0.1, 0.15) is 18.0 Å². The van der Waals surface area contributed by atoms with E-state index in [0.717, 1.165) is 30.5 Å². The fraction of sp³-hybridized carbons (Fsp3) is 0.474. The number of methoxy groups -OCH3 is 1. The van der Waals surface area contributed by atoms with Crippen LogP contribution < -0.4 is 5.32 Å². The molecule has 2 heterocycles. The minimum Gasteiger partial charge on any atom is -0.464 e. The molecule has 0 spiro atoms. The highest BCUT2D eigenvalue weighted by atomic mass is 16.5. The van der Waals surface area contributed by atoms with Crippen LogP contribution >= 0.6 is 0 Å². The van der Waals surface area contributed by atoms with Crippen LogP contribution in [0.15, 0.2) is 28.2 Å². The molecule has 134 valence electrons. The maximum Gasteiger partial charge on any atom is 0.354 e. The smallest absolute Gasteiger partial charge is 0.354 e. The van der Waals surface area contributed by atoms with E-state index in [1.807, 2.05) is 13.0 Å². The molecule has 0 unspecified atom stereocenters. The van der Waals surface area contributed by atoms with Gasteiger partial charge in [-0.3, -0.25) is 4.79 Å². The van der Waals surface area contributed by atoms with Gasteiger partial charge in [0.25, 0.3) is 0 Å². The quantitative estimate of drug-likeness (QED) is 0.644. The summed E-state index contributed by atoms with van der Waals surface area (Å²) in [4.78, 5) is 24.3. The van der Waals surface area contributed by atoms with Crippen LogP contribution in [0.3, 0.4) is 0 Å². The van der Waals surface area contributed by atoms with E-state index in [4.69, 9.17) is 9.15 Å². The van der Waals surface area contributed by atoms with Gasteiger partial charge in [-0.25, -0.2) is 4.79 Å².